The van der Waals surface area contributed by atoms with Gasteiger partial charge in [0.25, 0.3) is 0 Å². The van der Waals surface area contributed by atoms with Crippen molar-refractivity contribution in [1.29, 1.82) is 0 Å². The average Bonchev–Trinajstić information content (AvgIpc) is 2.27. The first-order chi connectivity index (χ1) is 4.86. The molecule has 50 valence electrons. The van der Waals surface area contributed by atoms with Crippen LogP contribution in [0, 0.1) is 13.0 Å². The molecule has 0 unspecified atom stereocenters. The van der Waals surface area contributed by atoms with Gasteiger partial charge in [-0.2, -0.15) is 24.3 Å². The van der Waals surface area contributed by atoms with Gasteiger partial charge in [-0.15, -0.1) is 11.3 Å². The predicted molar refractivity (Wildman–Crippen MR) is 43.2 cm³/mol. The van der Waals surface area contributed by atoms with Crippen LogP contribution in [-0.4, -0.2) is 4.98 Å². The quantitative estimate of drug-likeness (QED) is 0.397. The molecule has 0 amide bonds. The van der Waals surface area contributed by atoms with Crippen LogP contribution in [0.5, 0.6) is 0 Å². The van der Waals surface area contributed by atoms with Crippen LogP contribution in [0.2, 0.25) is 0 Å². The fourth-order valence-electron chi connectivity index (χ4n) is 0.933. The number of aromatic nitrogens is 1. The molecule has 0 N–H and O–H groups in total. The summed E-state index contributed by atoms with van der Waals surface area (Å²) in [4.78, 5) is 4.30. The molecule has 2 aromatic rings. The summed E-state index contributed by atoms with van der Waals surface area (Å²) in [6.07, 6.45) is 0. The Morgan fingerprint density at radius 1 is 1.55 bits per heavy atom. The molecule has 0 saturated heterocycles. The molecule has 0 fully saturated rings. The molecule has 0 atom stereocenters. The van der Waals surface area contributed by atoms with Gasteiger partial charge >= 0.3 is 51.4 Å². The van der Waals surface area contributed by atoms with Crippen molar-refractivity contribution in [3.63, 3.8) is 0 Å². The molecule has 1 nitrogen and oxygen atoms in total. The van der Waals surface area contributed by atoms with Gasteiger partial charge in [-0.25, -0.2) is 0 Å². The van der Waals surface area contributed by atoms with E-state index in [9.17, 15) is 0 Å². The van der Waals surface area contributed by atoms with E-state index in [1.807, 2.05) is 25.1 Å². The van der Waals surface area contributed by atoms with Gasteiger partial charge in [-0.3, -0.25) is 0 Å². The maximum Gasteiger partial charge on any atom is 1.00 e. The fraction of sp³-hybridized carbons (Fsp3) is 0.125. The van der Waals surface area contributed by atoms with Crippen LogP contribution in [-0.2, 0) is 0 Å². The summed E-state index contributed by atoms with van der Waals surface area (Å²) in [5, 5.41) is 1.12. The molecule has 0 aliphatic heterocycles. The van der Waals surface area contributed by atoms with Crippen molar-refractivity contribution in [1.82, 2.24) is 4.98 Å². The van der Waals surface area contributed by atoms with E-state index in [4.69, 9.17) is 0 Å². The van der Waals surface area contributed by atoms with Crippen molar-refractivity contribution in [2.24, 2.45) is 0 Å². The van der Waals surface area contributed by atoms with Crippen LogP contribution in [0.1, 0.15) is 5.01 Å². The molecule has 1 aromatic heterocycles. The van der Waals surface area contributed by atoms with E-state index in [-0.39, 0.29) is 51.4 Å². The Balaban J connectivity index is 0.000000605. The number of hydrogen-bond donors (Lipinski definition) is 0. The zero-order valence-electron chi connectivity index (χ0n) is 6.59. The van der Waals surface area contributed by atoms with Crippen molar-refractivity contribution in [3.05, 3.63) is 29.3 Å². The third-order valence-electron chi connectivity index (χ3n) is 1.34. The molecule has 0 aliphatic carbocycles. The third kappa shape index (κ3) is 2.11. The standard InChI is InChI=1S/C8H6NS.K/c1-6-9-7-4-2-3-5-8(7)10-6;/h3-5H,1H3;/q-1;+1. The van der Waals surface area contributed by atoms with Gasteiger partial charge in [0.15, 0.2) is 0 Å². The van der Waals surface area contributed by atoms with Gasteiger partial charge in [0.05, 0.1) is 5.01 Å². The van der Waals surface area contributed by atoms with Gasteiger partial charge in [0, 0.05) is 0 Å². The van der Waals surface area contributed by atoms with Crippen molar-refractivity contribution >= 4 is 21.6 Å². The minimum atomic E-state index is 0. The molecule has 0 bridgehead atoms. The van der Waals surface area contributed by atoms with E-state index >= 15 is 0 Å². The third-order valence-corrected chi connectivity index (χ3v) is 2.29. The minimum Gasteiger partial charge on any atom is -0.307 e. The maximum absolute atomic E-state index is 4.30. The summed E-state index contributed by atoms with van der Waals surface area (Å²) in [7, 11) is 0. The van der Waals surface area contributed by atoms with Crippen LogP contribution in [0.25, 0.3) is 10.2 Å². The Hall–Kier alpha value is 0.746. The summed E-state index contributed by atoms with van der Waals surface area (Å²) in [6, 6.07) is 8.87. The molecule has 1 heterocycles. The summed E-state index contributed by atoms with van der Waals surface area (Å²) in [5.41, 5.74) is 1.06. The number of fused-ring (bicyclic) bond motifs is 1. The van der Waals surface area contributed by atoms with Crippen LogP contribution >= 0.6 is 11.3 Å². The summed E-state index contributed by atoms with van der Waals surface area (Å²) in [5.74, 6) is 0. The van der Waals surface area contributed by atoms with Crippen LogP contribution in [0.15, 0.2) is 18.2 Å². The van der Waals surface area contributed by atoms with Gasteiger partial charge in [-0.05, 0) is 12.4 Å². The van der Waals surface area contributed by atoms with Crippen LogP contribution in [0.3, 0.4) is 0 Å². The fourth-order valence-corrected chi connectivity index (χ4v) is 1.74. The van der Waals surface area contributed by atoms with E-state index < -0.39 is 0 Å². The second-order valence-electron chi connectivity index (χ2n) is 2.13. The Labute approximate surface area is 112 Å². The van der Waals surface area contributed by atoms with E-state index in [2.05, 4.69) is 11.1 Å². The van der Waals surface area contributed by atoms with Gasteiger partial charge in [-0.1, -0.05) is 4.70 Å². The Morgan fingerprint density at radius 3 is 3.09 bits per heavy atom. The topological polar surface area (TPSA) is 12.9 Å². The predicted octanol–water partition coefficient (Wildman–Crippen LogP) is -0.591. The Bertz CT molecular complexity index is 323. The number of rotatable bonds is 0. The van der Waals surface area contributed by atoms with Crippen LogP contribution < -0.4 is 51.4 Å². The van der Waals surface area contributed by atoms with Crippen molar-refractivity contribution in [2.45, 2.75) is 6.92 Å². The SMILES string of the molecule is Cc1nc2c[c-]ccc2s1.[K+]. The Kier molecular flexibility index (Phi) is 3.68. The summed E-state index contributed by atoms with van der Waals surface area (Å²) in [6.45, 7) is 2.02. The molecular formula is C8H6KNS. The first-order valence-corrected chi connectivity index (χ1v) is 3.91. The zero-order chi connectivity index (χ0) is 6.97. The second-order valence-corrected chi connectivity index (χ2v) is 3.36. The summed E-state index contributed by atoms with van der Waals surface area (Å²) < 4.78 is 1.25. The first kappa shape index (κ1) is 9.83. The normalized spacial score (nSPS) is 9.55. The molecule has 11 heavy (non-hydrogen) atoms. The first-order valence-electron chi connectivity index (χ1n) is 3.09. The molecule has 0 radical (unpaired) electrons. The van der Waals surface area contributed by atoms with Gasteiger partial charge in [0.2, 0.25) is 0 Å². The van der Waals surface area contributed by atoms with Gasteiger partial charge in [0.1, 0.15) is 0 Å². The monoisotopic (exact) mass is 187 g/mol. The van der Waals surface area contributed by atoms with Crippen molar-refractivity contribution < 1.29 is 51.4 Å². The molecule has 1 aromatic carbocycles. The molecule has 0 saturated carbocycles. The zero-order valence-corrected chi connectivity index (χ0v) is 10.5. The average molecular weight is 187 g/mol. The molecule has 0 spiro atoms. The number of hydrogen-bond acceptors (Lipinski definition) is 2. The maximum atomic E-state index is 4.30. The Morgan fingerprint density at radius 2 is 2.36 bits per heavy atom. The van der Waals surface area contributed by atoms with E-state index in [1.54, 1.807) is 11.3 Å². The number of aryl methyl sites for hydroxylation is 1. The van der Waals surface area contributed by atoms with Gasteiger partial charge < -0.3 is 4.98 Å². The second kappa shape index (κ2) is 4.12. The number of benzene rings is 1. The van der Waals surface area contributed by atoms with E-state index in [0.29, 0.717) is 0 Å². The smallest absolute Gasteiger partial charge is 0.307 e. The molecular weight excluding hydrogens is 181 g/mol. The summed E-state index contributed by atoms with van der Waals surface area (Å²) >= 11 is 1.72. The van der Waals surface area contributed by atoms with E-state index in [0.717, 1.165) is 10.5 Å². The number of thiazole rings is 1. The number of nitrogens with zero attached hydrogens (tertiary/aromatic N) is 1. The van der Waals surface area contributed by atoms with Crippen molar-refractivity contribution in [2.75, 3.05) is 0 Å². The minimum absolute atomic E-state index is 0. The largest absolute Gasteiger partial charge is 1.00 e. The molecule has 2 rings (SSSR count). The molecule has 3 heteroatoms. The van der Waals surface area contributed by atoms with Crippen molar-refractivity contribution in [3.8, 4) is 0 Å². The van der Waals surface area contributed by atoms with Crippen LogP contribution in [0.4, 0.5) is 0 Å². The molecule has 0 aliphatic rings. The van der Waals surface area contributed by atoms with E-state index in [1.165, 1.54) is 4.70 Å².